The van der Waals surface area contributed by atoms with E-state index in [1.165, 1.54) is 16.2 Å². The Morgan fingerprint density at radius 3 is 2.79 bits per heavy atom. The highest BCUT2D eigenvalue weighted by atomic mass is 32.2. The van der Waals surface area contributed by atoms with Gasteiger partial charge >= 0.3 is 0 Å². The Labute approximate surface area is 202 Å². The fraction of sp³-hybridized carbons (Fsp3) is 0.478. The second-order valence-corrected chi connectivity index (χ2v) is 10.1. The van der Waals surface area contributed by atoms with Crippen LogP contribution in [0.15, 0.2) is 34.1 Å². The predicted octanol–water partition coefficient (Wildman–Crippen LogP) is 2.22. The van der Waals surface area contributed by atoms with Crippen molar-refractivity contribution < 1.29 is 9.53 Å². The van der Waals surface area contributed by atoms with Gasteiger partial charge < -0.3 is 14.5 Å². The summed E-state index contributed by atoms with van der Waals surface area (Å²) in [5.41, 5.74) is 0.845. The molecular formula is C23H27N5O3S2. The van der Waals surface area contributed by atoms with Crippen LogP contribution in [0.2, 0.25) is 0 Å². The van der Waals surface area contributed by atoms with Crippen LogP contribution in [0.25, 0.3) is 11.7 Å². The number of amides is 1. The Bertz CT molecular complexity index is 1170. The fourth-order valence-corrected chi connectivity index (χ4v) is 5.77. The van der Waals surface area contributed by atoms with Crippen molar-refractivity contribution in [3.05, 3.63) is 45.2 Å². The summed E-state index contributed by atoms with van der Waals surface area (Å²) in [6, 6.07) is 5.51. The Balaban J connectivity index is 1.52. The number of carbonyl (C=O) groups excluding carboxylic acids is 1. The molecule has 3 aliphatic heterocycles. The molecule has 3 aliphatic rings. The quantitative estimate of drug-likeness (QED) is 0.472. The predicted molar refractivity (Wildman–Crippen MR) is 135 cm³/mol. The lowest BCUT2D eigenvalue weighted by Crippen LogP contribution is -2.47. The van der Waals surface area contributed by atoms with E-state index in [1.807, 2.05) is 12.1 Å². The van der Waals surface area contributed by atoms with Crippen LogP contribution in [0.1, 0.15) is 25.3 Å². The van der Waals surface area contributed by atoms with E-state index in [0.717, 1.165) is 52.2 Å². The molecule has 0 N–H and O–H groups in total. The molecule has 1 unspecified atom stereocenters. The van der Waals surface area contributed by atoms with Gasteiger partial charge in [-0.05, 0) is 37.6 Å². The number of hydrogen-bond acceptors (Lipinski definition) is 8. The summed E-state index contributed by atoms with van der Waals surface area (Å²) in [5.74, 6) is 0.464. The van der Waals surface area contributed by atoms with Gasteiger partial charge in [-0.2, -0.15) is 0 Å². The van der Waals surface area contributed by atoms with Crippen molar-refractivity contribution in [2.75, 3.05) is 50.8 Å². The number of piperazine rings is 1. The molecule has 0 aliphatic carbocycles. The molecule has 1 amide bonds. The maximum absolute atomic E-state index is 13.5. The van der Waals surface area contributed by atoms with Crippen molar-refractivity contribution in [2.24, 2.45) is 0 Å². The molecule has 33 heavy (non-hydrogen) atoms. The number of hydrogen-bond donors (Lipinski definition) is 0. The Kier molecular flexibility index (Phi) is 6.51. The molecule has 10 heteroatoms. The van der Waals surface area contributed by atoms with Gasteiger partial charge in [-0.3, -0.25) is 18.9 Å². The molecule has 0 aromatic carbocycles. The van der Waals surface area contributed by atoms with Crippen LogP contribution < -0.4 is 10.5 Å². The topological polar surface area (TPSA) is 70.4 Å². The van der Waals surface area contributed by atoms with Gasteiger partial charge in [-0.25, -0.2) is 4.98 Å². The molecular weight excluding hydrogens is 458 g/mol. The van der Waals surface area contributed by atoms with Crippen LogP contribution in [-0.2, 0) is 9.53 Å². The van der Waals surface area contributed by atoms with Crippen LogP contribution in [0.3, 0.4) is 0 Å². The van der Waals surface area contributed by atoms with Gasteiger partial charge in [0.05, 0.1) is 23.1 Å². The van der Waals surface area contributed by atoms with Gasteiger partial charge in [0.25, 0.3) is 11.5 Å². The second kappa shape index (κ2) is 9.54. The van der Waals surface area contributed by atoms with Gasteiger partial charge in [0, 0.05) is 39.0 Å². The molecule has 0 bridgehead atoms. The minimum absolute atomic E-state index is 0.0187. The molecule has 8 nitrogen and oxygen atoms in total. The fourth-order valence-electron chi connectivity index (χ4n) is 4.51. The first-order chi connectivity index (χ1) is 16.0. The summed E-state index contributed by atoms with van der Waals surface area (Å²) in [7, 11) is 0. The van der Waals surface area contributed by atoms with E-state index >= 15 is 0 Å². The number of aromatic nitrogens is 2. The lowest BCUT2D eigenvalue weighted by molar-refractivity contribution is -0.123. The molecule has 1 atom stereocenters. The Hall–Kier alpha value is -2.27. The number of carbonyl (C=O) groups is 1. The first-order valence-corrected chi connectivity index (χ1v) is 12.6. The van der Waals surface area contributed by atoms with Crippen LogP contribution >= 0.6 is 24.0 Å². The number of ether oxygens (including phenoxy) is 1. The van der Waals surface area contributed by atoms with Crippen molar-refractivity contribution in [3.63, 3.8) is 0 Å². The molecule has 0 saturated carbocycles. The lowest BCUT2D eigenvalue weighted by Gasteiger charge is -2.35. The van der Waals surface area contributed by atoms with E-state index in [1.54, 1.807) is 23.2 Å². The van der Waals surface area contributed by atoms with Gasteiger partial charge in [-0.1, -0.05) is 37.0 Å². The van der Waals surface area contributed by atoms with Gasteiger partial charge in [0.15, 0.2) is 0 Å². The molecule has 5 heterocycles. The van der Waals surface area contributed by atoms with Crippen LogP contribution in [0, 0.1) is 0 Å². The summed E-state index contributed by atoms with van der Waals surface area (Å²) in [4.78, 5) is 38.1. The van der Waals surface area contributed by atoms with Crippen molar-refractivity contribution in [2.45, 2.75) is 25.9 Å². The highest BCUT2D eigenvalue weighted by Gasteiger charge is 2.35. The summed E-state index contributed by atoms with van der Waals surface area (Å²) in [5, 5.41) is 0. The number of pyridine rings is 1. The smallest absolute Gasteiger partial charge is 0.267 e. The zero-order valence-corrected chi connectivity index (χ0v) is 20.2. The standard InChI is InChI=1S/C23H27N5O3S2/c1-2-25-9-11-26(12-10-25)20-17(21(29)27-8-4-3-7-19(27)24-20)14-18-22(30)28(23(32)33-18)15-16-6-5-13-31-16/h3-4,7-8,14,16H,2,5-6,9-13,15H2,1H3. The summed E-state index contributed by atoms with van der Waals surface area (Å²) < 4.78 is 7.73. The summed E-state index contributed by atoms with van der Waals surface area (Å²) in [6.07, 6.45) is 5.35. The third kappa shape index (κ3) is 4.44. The minimum atomic E-state index is -0.182. The Morgan fingerprint density at radius 2 is 2.06 bits per heavy atom. The lowest BCUT2D eigenvalue weighted by atomic mass is 10.2. The van der Waals surface area contributed by atoms with E-state index < -0.39 is 0 Å². The highest BCUT2D eigenvalue weighted by molar-refractivity contribution is 8.26. The maximum Gasteiger partial charge on any atom is 0.267 e. The molecule has 5 rings (SSSR count). The zero-order chi connectivity index (χ0) is 22.9. The monoisotopic (exact) mass is 485 g/mol. The van der Waals surface area contributed by atoms with E-state index in [-0.39, 0.29) is 17.6 Å². The van der Waals surface area contributed by atoms with Crippen LogP contribution in [0.4, 0.5) is 5.82 Å². The van der Waals surface area contributed by atoms with Crippen molar-refractivity contribution in [1.82, 2.24) is 19.2 Å². The maximum atomic E-state index is 13.5. The van der Waals surface area contributed by atoms with Crippen molar-refractivity contribution >= 4 is 51.7 Å². The molecule has 0 radical (unpaired) electrons. The number of anilines is 1. The van der Waals surface area contributed by atoms with Gasteiger partial charge in [-0.15, -0.1) is 0 Å². The van der Waals surface area contributed by atoms with E-state index in [4.69, 9.17) is 21.9 Å². The SMILES string of the molecule is CCN1CCN(c2nc3ccccn3c(=O)c2C=C2SC(=S)N(CC3CCCO3)C2=O)CC1. The Morgan fingerprint density at radius 1 is 1.24 bits per heavy atom. The number of fused-ring (bicyclic) bond motifs is 1. The molecule has 3 saturated heterocycles. The zero-order valence-electron chi connectivity index (χ0n) is 18.6. The summed E-state index contributed by atoms with van der Waals surface area (Å²) >= 11 is 6.74. The normalized spacial score (nSPS) is 23.4. The minimum Gasteiger partial charge on any atom is -0.376 e. The van der Waals surface area contributed by atoms with Crippen molar-refractivity contribution in [3.8, 4) is 0 Å². The second-order valence-electron chi connectivity index (χ2n) is 8.43. The number of thioether (sulfide) groups is 1. The third-order valence-electron chi connectivity index (χ3n) is 6.43. The number of thiocarbonyl (C=S) groups is 1. The largest absolute Gasteiger partial charge is 0.376 e. The highest BCUT2D eigenvalue weighted by Crippen LogP contribution is 2.34. The first kappa shape index (κ1) is 22.5. The first-order valence-electron chi connectivity index (χ1n) is 11.4. The average molecular weight is 486 g/mol. The molecule has 174 valence electrons. The van der Waals surface area contributed by atoms with Crippen LogP contribution in [0.5, 0.6) is 0 Å². The third-order valence-corrected chi connectivity index (χ3v) is 7.80. The van der Waals surface area contributed by atoms with E-state index in [2.05, 4.69) is 16.7 Å². The van der Waals surface area contributed by atoms with Crippen LogP contribution in [-0.4, -0.2) is 81.4 Å². The van der Waals surface area contributed by atoms with Gasteiger partial charge in [0.1, 0.15) is 15.8 Å². The number of likely N-dealkylation sites (N-methyl/N-ethyl adjacent to an activating group) is 1. The molecule has 2 aromatic heterocycles. The number of rotatable bonds is 5. The number of nitrogens with zero attached hydrogens (tertiary/aromatic N) is 5. The summed E-state index contributed by atoms with van der Waals surface area (Å²) in [6.45, 7) is 7.73. The molecule has 3 fully saturated rings. The molecule has 2 aromatic rings. The van der Waals surface area contributed by atoms with Gasteiger partial charge in [0.2, 0.25) is 0 Å². The molecule has 0 spiro atoms. The average Bonchev–Trinajstić information content (AvgIpc) is 3.45. The van der Waals surface area contributed by atoms with E-state index in [0.29, 0.717) is 32.8 Å². The van der Waals surface area contributed by atoms with Crippen molar-refractivity contribution in [1.29, 1.82) is 0 Å². The van der Waals surface area contributed by atoms with E-state index in [9.17, 15) is 9.59 Å².